The zero-order chi connectivity index (χ0) is 27.9. The Labute approximate surface area is 230 Å². The van der Waals surface area contributed by atoms with Gasteiger partial charge in [0, 0.05) is 42.6 Å². The number of aryl methyl sites for hydroxylation is 1. The first-order chi connectivity index (χ1) is 18.6. The lowest BCUT2D eigenvalue weighted by atomic mass is 9.72. The normalized spacial score (nSPS) is 24.2. The van der Waals surface area contributed by atoms with Gasteiger partial charge in [0.05, 0.1) is 28.2 Å². The summed E-state index contributed by atoms with van der Waals surface area (Å²) in [7, 11) is 0. The lowest BCUT2D eigenvalue weighted by molar-refractivity contribution is -0.122. The summed E-state index contributed by atoms with van der Waals surface area (Å²) >= 11 is 0. The number of nitrogens with two attached hydrogens (primary N) is 2. The molecule has 0 bridgehead atoms. The van der Waals surface area contributed by atoms with Gasteiger partial charge in [0.1, 0.15) is 0 Å². The zero-order valence-corrected chi connectivity index (χ0v) is 23.4. The van der Waals surface area contributed by atoms with Crippen molar-refractivity contribution in [3.8, 4) is 5.69 Å². The highest BCUT2D eigenvalue weighted by Gasteiger charge is 2.48. The lowest BCUT2D eigenvalue weighted by Crippen LogP contribution is -2.55. The fourth-order valence-corrected chi connectivity index (χ4v) is 6.99. The molecule has 3 aliphatic rings. The van der Waals surface area contributed by atoms with E-state index in [0.29, 0.717) is 37.1 Å². The van der Waals surface area contributed by atoms with E-state index in [0.717, 1.165) is 67.6 Å². The molecule has 6 N–H and O–H groups in total. The third kappa shape index (κ3) is 5.21. The molecule has 1 radical (unpaired) electrons. The number of hydrogen-bond acceptors (Lipinski definition) is 6. The Morgan fingerprint density at radius 3 is 2.72 bits per heavy atom. The summed E-state index contributed by atoms with van der Waals surface area (Å²) in [5.74, 6) is 1.04. The van der Waals surface area contributed by atoms with Crippen molar-refractivity contribution in [2.24, 2.45) is 16.9 Å². The molecule has 0 aliphatic heterocycles. The minimum atomic E-state index is -0.507. The van der Waals surface area contributed by atoms with Gasteiger partial charge in [-0.05, 0) is 68.6 Å². The minimum Gasteiger partial charge on any atom is -0.382 e. The number of anilines is 1. The van der Waals surface area contributed by atoms with Crippen LogP contribution in [0, 0.1) is 11.3 Å². The number of nitrogens with zero attached hydrogens (tertiary/aromatic N) is 2. The van der Waals surface area contributed by atoms with Gasteiger partial charge in [-0.1, -0.05) is 27.2 Å². The molecule has 2 atom stereocenters. The average Bonchev–Trinajstić information content (AvgIpc) is 3.44. The number of amides is 2. The van der Waals surface area contributed by atoms with E-state index in [2.05, 4.69) is 24.5 Å². The third-order valence-electron chi connectivity index (χ3n) is 8.72. The molecule has 0 spiro atoms. The number of carbonyl (C=O) groups excluding carboxylic acids is 3. The Balaban J connectivity index is 1.48. The molecular formula is C30H41N6O3. The number of nitrogens with one attached hydrogen (secondary N) is 2. The number of benzene rings is 1. The molecule has 2 unspecified atom stereocenters. The van der Waals surface area contributed by atoms with Crippen molar-refractivity contribution in [3.63, 3.8) is 0 Å². The summed E-state index contributed by atoms with van der Waals surface area (Å²) < 4.78 is 1.88. The topological polar surface area (TPSA) is 145 Å². The van der Waals surface area contributed by atoms with Gasteiger partial charge in [0.2, 0.25) is 5.91 Å². The third-order valence-corrected chi connectivity index (χ3v) is 8.72. The van der Waals surface area contributed by atoms with Gasteiger partial charge in [-0.25, -0.2) is 4.68 Å². The van der Waals surface area contributed by atoms with Crippen LogP contribution in [-0.4, -0.2) is 45.5 Å². The Bertz CT molecular complexity index is 1300. The fourth-order valence-electron chi connectivity index (χ4n) is 6.99. The minimum absolute atomic E-state index is 0.00923. The maximum atomic E-state index is 13.1. The van der Waals surface area contributed by atoms with Gasteiger partial charge in [-0.3, -0.25) is 14.4 Å². The first-order valence-corrected chi connectivity index (χ1v) is 14.3. The van der Waals surface area contributed by atoms with Crippen molar-refractivity contribution in [3.05, 3.63) is 46.6 Å². The van der Waals surface area contributed by atoms with Crippen molar-refractivity contribution in [1.29, 1.82) is 0 Å². The molecule has 9 nitrogen and oxygen atoms in total. The van der Waals surface area contributed by atoms with Crippen LogP contribution in [0.15, 0.2) is 18.2 Å². The van der Waals surface area contributed by atoms with Crippen molar-refractivity contribution in [2.75, 3.05) is 11.9 Å². The molecule has 9 heteroatoms. The SMILES string of the molecule is CCc1nn(-c2ccc(C(N)=O)c(NC3CC[C]4CCCC4(NC(=O)CCN)C3)c2)c2c1C(=O)CC(C)(C)C2. The zero-order valence-electron chi connectivity index (χ0n) is 23.4. The smallest absolute Gasteiger partial charge is 0.250 e. The molecule has 3 aliphatic carbocycles. The summed E-state index contributed by atoms with van der Waals surface area (Å²) in [4.78, 5) is 38.1. The second-order valence-corrected chi connectivity index (χ2v) is 12.3. The maximum absolute atomic E-state index is 13.1. The van der Waals surface area contributed by atoms with Crippen LogP contribution in [0.3, 0.4) is 0 Å². The Morgan fingerprint density at radius 1 is 1.21 bits per heavy atom. The Morgan fingerprint density at radius 2 is 2.00 bits per heavy atom. The van der Waals surface area contributed by atoms with E-state index in [9.17, 15) is 14.4 Å². The Hall–Kier alpha value is -3.20. The largest absolute Gasteiger partial charge is 0.382 e. The Kier molecular flexibility index (Phi) is 7.31. The lowest BCUT2D eigenvalue weighted by Gasteiger charge is -2.44. The number of fused-ring (bicyclic) bond motifs is 2. The molecule has 39 heavy (non-hydrogen) atoms. The number of hydrogen-bond donors (Lipinski definition) is 4. The summed E-state index contributed by atoms with van der Waals surface area (Å²) in [6, 6.07) is 5.57. The molecular weight excluding hydrogens is 492 g/mol. The molecule has 2 saturated carbocycles. The highest BCUT2D eigenvalue weighted by molar-refractivity contribution is 6.00. The van der Waals surface area contributed by atoms with Crippen molar-refractivity contribution >= 4 is 23.3 Å². The van der Waals surface area contributed by atoms with Crippen LogP contribution in [0.25, 0.3) is 5.69 Å². The van der Waals surface area contributed by atoms with E-state index in [4.69, 9.17) is 16.6 Å². The monoisotopic (exact) mass is 533 g/mol. The van der Waals surface area contributed by atoms with Crippen LogP contribution in [0.4, 0.5) is 5.69 Å². The highest BCUT2D eigenvalue weighted by Crippen LogP contribution is 2.48. The number of ketones is 1. The van der Waals surface area contributed by atoms with Gasteiger partial charge in [0.25, 0.3) is 5.91 Å². The molecule has 2 amide bonds. The van der Waals surface area contributed by atoms with Gasteiger partial charge in [-0.15, -0.1) is 0 Å². The predicted octanol–water partition coefficient (Wildman–Crippen LogP) is 3.62. The molecule has 1 heterocycles. The van der Waals surface area contributed by atoms with Crippen molar-refractivity contribution in [1.82, 2.24) is 15.1 Å². The summed E-state index contributed by atoms with van der Waals surface area (Å²) in [5, 5.41) is 11.8. The van der Waals surface area contributed by atoms with Gasteiger partial charge in [-0.2, -0.15) is 5.10 Å². The van der Waals surface area contributed by atoms with Crippen molar-refractivity contribution < 1.29 is 14.4 Å². The molecule has 2 fully saturated rings. The van der Waals surface area contributed by atoms with Crippen LogP contribution in [0.5, 0.6) is 0 Å². The highest BCUT2D eigenvalue weighted by atomic mass is 16.2. The molecule has 1 aromatic heterocycles. The van der Waals surface area contributed by atoms with Gasteiger partial charge in [0.15, 0.2) is 5.78 Å². The summed E-state index contributed by atoms with van der Waals surface area (Å²) in [6.45, 7) is 6.56. The van der Waals surface area contributed by atoms with E-state index in [1.807, 2.05) is 23.7 Å². The summed E-state index contributed by atoms with van der Waals surface area (Å²) in [6.07, 6.45) is 7.84. The molecule has 1 aromatic carbocycles. The van der Waals surface area contributed by atoms with Crippen LogP contribution in [0.1, 0.15) is 104 Å². The first-order valence-electron chi connectivity index (χ1n) is 14.3. The van der Waals surface area contributed by atoms with Crippen LogP contribution in [0.2, 0.25) is 0 Å². The van der Waals surface area contributed by atoms with Crippen LogP contribution >= 0.6 is 0 Å². The van der Waals surface area contributed by atoms with E-state index < -0.39 is 5.91 Å². The van der Waals surface area contributed by atoms with E-state index in [1.54, 1.807) is 6.07 Å². The second kappa shape index (κ2) is 10.4. The number of Topliss-reactive ketones (excluding diaryl/α,β-unsaturated/α-hetero) is 1. The molecule has 209 valence electrons. The average molecular weight is 534 g/mol. The summed E-state index contributed by atoms with van der Waals surface area (Å²) in [5.41, 5.74) is 15.3. The van der Waals surface area contributed by atoms with Gasteiger partial charge < -0.3 is 22.1 Å². The molecule has 5 rings (SSSR count). The second-order valence-electron chi connectivity index (χ2n) is 12.3. The van der Waals surface area contributed by atoms with E-state index in [-0.39, 0.29) is 28.7 Å². The predicted molar refractivity (Wildman–Crippen MR) is 151 cm³/mol. The maximum Gasteiger partial charge on any atom is 0.250 e. The number of aromatic nitrogens is 2. The quantitative estimate of drug-likeness (QED) is 0.408. The van der Waals surface area contributed by atoms with Crippen LogP contribution < -0.4 is 22.1 Å². The number of carbonyl (C=O) groups is 3. The van der Waals surface area contributed by atoms with E-state index >= 15 is 0 Å². The standard InChI is InChI=1S/C30H41N6O3/c1-4-22-27-24(16-29(2,3)17-25(27)37)36(35-22)20-9-10-21(28(32)39)23(14-20)33-19-8-7-18-6-5-12-30(18,15-19)34-26(38)11-13-31/h9-10,14,19,33H,4-8,11-13,15-17,31H2,1-3H3,(H2,32,39)(H,34,38). The number of primary amides is 1. The van der Waals surface area contributed by atoms with E-state index in [1.165, 1.54) is 5.92 Å². The molecule has 0 saturated heterocycles. The first kappa shape index (κ1) is 27.4. The number of rotatable bonds is 8. The van der Waals surface area contributed by atoms with Crippen molar-refractivity contribution in [2.45, 2.75) is 96.6 Å². The molecule has 2 aromatic rings. The van der Waals surface area contributed by atoms with Gasteiger partial charge >= 0.3 is 0 Å². The van der Waals surface area contributed by atoms with Crippen LogP contribution in [-0.2, 0) is 17.6 Å². The fraction of sp³-hybridized carbons (Fsp3) is 0.567.